The zero-order chi connectivity index (χ0) is 33.8. The summed E-state index contributed by atoms with van der Waals surface area (Å²) in [5.74, 6) is 0. The molecule has 2 aliphatic heterocycles. The van der Waals surface area contributed by atoms with Crippen molar-refractivity contribution in [2.75, 3.05) is 4.90 Å². The van der Waals surface area contributed by atoms with Crippen molar-refractivity contribution in [2.24, 2.45) is 0 Å². The highest BCUT2D eigenvalue weighted by atomic mass is 15.1. The molecular weight excluding hydrogens is 593 g/mol. The van der Waals surface area contributed by atoms with Crippen LogP contribution >= 0.6 is 0 Å². The molecule has 0 amide bonds. The van der Waals surface area contributed by atoms with Gasteiger partial charge in [-0.25, -0.2) is 0 Å². The molecule has 3 heterocycles. The number of hydrogen-bond acceptors (Lipinski definition) is 1. The zero-order valence-electron chi connectivity index (χ0n) is 29.8. The lowest BCUT2D eigenvalue weighted by Gasteiger charge is -2.42. The van der Waals surface area contributed by atoms with Gasteiger partial charge in [0.25, 0.3) is 0 Å². The Morgan fingerprint density at radius 3 is 1.73 bits per heavy atom. The fraction of sp³-hybridized carbons (Fsp3) is 0.234. The maximum absolute atomic E-state index is 2.62. The average Bonchev–Trinajstić information content (AvgIpc) is 3.52. The van der Waals surface area contributed by atoms with Gasteiger partial charge < -0.3 is 9.47 Å². The van der Waals surface area contributed by atoms with Crippen LogP contribution < -0.4 is 4.90 Å². The second-order valence-electron chi connectivity index (χ2n) is 16.5. The Morgan fingerprint density at radius 1 is 0.429 bits per heavy atom. The second-order valence-corrected chi connectivity index (χ2v) is 16.5. The van der Waals surface area contributed by atoms with E-state index >= 15 is 0 Å². The van der Waals surface area contributed by atoms with E-state index in [2.05, 4.69) is 174 Å². The fourth-order valence-electron chi connectivity index (χ4n) is 9.95. The van der Waals surface area contributed by atoms with Gasteiger partial charge in [0.15, 0.2) is 0 Å². The van der Waals surface area contributed by atoms with Gasteiger partial charge in [-0.2, -0.15) is 0 Å². The van der Waals surface area contributed by atoms with Gasteiger partial charge >= 0.3 is 0 Å². The average molecular weight is 635 g/mol. The monoisotopic (exact) mass is 634 g/mol. The molecule has 49 heavy (non-hydrogen) atoms. The van der Waals surface area contributed by atoms with E-state index in [0.29, 0.717) is 0 Å². The Bertz CT molecular complexity index is 2590. The van der Waals surface area contributed by atoms with Crippen molar-refractivity contribution < 1.29 is 0 Å². The van der Waals surface area contributed by atoms with Crippen LogP contribution in [0.5, 0.6) is 0 Å². The van der Waals surface area contributed by atoms with Crippen LogP contribution in [0.3, 0.4) is 0 Å². The summed E-state index contributed by atoms with van der Waals surface area (Å²) >= 11 is 0. The van der Waals surface area contributed by atoms with Gasteiger partial charge in [-0.15, -0.1) is 0 Å². The maximum atomic E-state index is 2.62. The van der Waals surface area contributed by atoms with Crippen molar-refractivity contribution in [3.8, 4) is 16.8 Å². The summed E-state index contributed by atoms with van der Waals surface area (Å²) in [5, 5.41) is 2.67. The van der Waals surface area contributed by atoms with Gasteiger partial charge in [0.1, 0.15) is 0 Å². The molecule has 2 heteroatoms. The lowest BCUT2D eigenvalue weighted by atomic mass is 9.68. The first kappa shape index (κ1) is 28.9. The Hall–Kier alpha value is -5.08. The summed E-state index contributed by atoms with van der Waals surface area (Å²) in [7, 11) is 0. The van der Waals surface area contributed by atoms with E-state index in [4.69, 9.17) is 0 Å². The standard InChI is InChI=1S/C47H42N2/c1-27-21-28(2)23-30(22-27)48(29-19-20-33-32-13-9-10-15-36(32)45(3,4)40(33)25-29)31-24-35-34-14-11-16-37-42(34)49-43(35)41(26-31)47(7,8)39-18-12-17-38(44(39)49)46(37,5)6/h9-26H,1-8H3. The number of hydrogen-bond donors (Lipinski definition) is 0. The lowest BCUT2D eigenvalue weighted by molar-refractivity contribution is 0.593. The topological polar surface area (TPSA) is 8.17 Å². The molecule has 7 aromatic rings. The quantitative estimate of drug-likeness (QED) is 0.188. The molecule has 3 aliphatic rings. The minimum Gasteiger partial charge on any atom is -0.310 e. The summed E-state index contributed by atoms with van der Waals surface area (Å²) in [5.41, 5.74) is 21.0. The molecule has 6 aromatic carbocycles. The van der Waals surface area contributed by atoms with Crippen LogP contribution in [-0.4, -0.2) is 4.57 Å². The van der Waals surface area contributed by atoms with E-state index in [1.807, 2.05) is 0 Å². The van der Waals surface area contributed by atoms with Crippen molar-refractivity contribution in [3.05, 3.63) is 154 Å². The first-order valence-corrected chi connectivity index (χ1v) is 17.8. The van der Waals surface area contributed by atoms with Crippen LogP contribution in [-0.2, 0) is 16.2 Å². The Kier molecular flexibility index (Phi) is 5.38. The fourth-order valence-corrected chi connectivity index (χ4v) is 9.95. The van der Waals surface area contributed by atoms with E-state index in [1.54, 1.807) is 0 Å². The van der Waals surface area contributed by atoms with Crippen molar-refractivity contribution in [1.29, 1.82) is 0 Å². The van der Waals surface area contributed by atoms with Gasteiger partial charge in [-0.05, 0) is 106 Å². The number of para-hydroxylation sites is 2. The summed E-state index contributed by atoms with van der Waals surface area (Å²) < 4.78 is 2.62. The summed E-state index contributed by atoms with van der Waals surface area (Å²) in [6, 6.07) is 42.1. The number of aryl methyl sites for hydroxylation is 2. The molecule has 0 saturated carbocycles. The molecule has 0 saturated heterocycles. The smallest absolute Gasteiger partial charge is 0.0583 e. The van der Waals surface area contributed by atoms with Gasteiger partial charge in [0.2, 0.25) is 0 Å². The van der Waals surface area contributed by atoms with Crippen LogP contribution in [0.4, 0.5) is 17.1 Å². The Balaban J connectivity index is 1.31. The first-order valence-electron chi connectivity index (χ1n) is 17.8. The summed E-state index contributed by atoms with van der Waals surface area (Å²) in [6.45, 7) is 18.9. The van der Waals surface area contributed by atoms with Crippen molar-refractivity contribution >= 4 is 38.9 Å². The van der Waals surface area contributed by atoms with E-state index in [9.17, 15) is 0 Å². The van der Waals surface area contributed by atoms with Gasteiger partial charge in [0, 0.05) is 44.1 Å². The third-order valence-electron chi connectivity index (χ3n) is 12.4. The SMILES string of the molecule is Cc1cc(C)cc(N(c2ccc3c(c2)C(C)(C)c2ccccc2-3)c2cc3c4c(c2)c2cccc5c2n4-c2c(cccc2C3(C)C)C5(C)C)c1. The highest BCUT2D eigenvalue weighted by Gasteiger charge is 2.44. The minimum absolute atomic E-state index is 0.0820. The number of nitrogens with zero attached hydrogens (tertiary/aromatic N) is 2. The predicted molar refractivity (Wildman–Crippen MR) is 207 cm³/mol. The molecule has 10 rings (SSSR count). The van der Waals surface area contributed by atoms with Gasteiger partial charge in [0.05, 0.1) is 16.7 Å². The van der Waals surface area contributed by atoms with Gasteiger partial charge in [-0.3, -0.25) is 0 Å². The van der Waals surface area contributed by atoms with Crippen molar-refractivity contribution in [1.82, 2.24) is 4.57 Å². The van der Waals surface area contributed by atoms with Crippen LogP contribution in [0.2, 0.25) is 0 Å². The maximum Gasteiger partial charge on any atom is 0.0583 e. The predicted octanol–water partition coefficient (Wildman–Crippen LogP) is 12.5. The lowest BCUT2D eigenvalue weighted by Crippen LogP contribution is -2.33. The Morgan fingerprint density at radius 2 is 0.980 bits per heavy atom. The van der Waals surface area contributed by atoms with Crippen molar-refractivity contribution in [2.45, 2.75) is 71.6 Å². The molecule has 0 unspecified atom stereocenters. The number of benzene rings is 6. The van der Waals surface area contributed by atoms with Crippen LogP contribution in [0.15, 0.2) is 109 Å². The highest BCUT2D eigenvalue weighted by molar-refractivity contribution is 6.15. The zero-order valence-corrected chi connectivity index (χ0v) is 29.8. The molecule has 2 nitrogen and oxygen atoms in total. The minimum atomic E-state index is -0.187. The number of fused-ring (bicyclic) bond motifs is 4. The third kappa shape index (κ3) is 3.52. The number of anilines is 3. The normalized spacial score (nSPS) is 16.7. The summed E-state index contributed by atoms with van der Waals surface area (Å²) in [6.07, 6.45) is 0. The molecule has 0 atom stereocenters. The van der Waals surface area contributed by atoms with Gasteiger partial charge in [-0.1, -0.05) is 114 Å². The molecule has 0 spiro atoms. The van der Waals surface area contributed by atoms with E-state index in [-0.39, 0.29) is 16.2 Å². The number of aromatic nitrogens is 1. The van der Waals surface area contributed by atoms with Crippen LogP contribution in [0.1, 0.15) is 86.1 Å². The largest absolute Gasteiger partial charge is 0.310 e. The summed E-state index contributed by atoms with van der Waals surface area (Å²) in [4.78, 5) is 2.52. The Labute approximate surface area is 289 Å². The second kappa shape index (κ2) is 9.12. The molecule has 1 aliphatic carbocycles. The molecule has 0 N–H and O–H groups in total. The molecule has 240 valence electrons. The van der Waals surface area contributed by atoms with Crippen LogP contribution in [0, 0.1) is 13.8 Å². The molecular formula is C47H42N2. The first-order chi connectivity index (χ1) is 23.4. The molecule has 0 fully saturated rings. The molecule has 1 aromatic heterocycles. The third-order valence-corrected chi connectivity index (χ3v) is 12.4. The van der Waals surface area contributed by atoms with E-state index < -0.39 is 0 Å². The van der Waals surface area contributed by atoms with Crippen molar-refractivity contribution in [3.63, 3.8) is 0 Å². The number of rotatable bonds is 3. The highest BCUT2D eigenvalue weighted by Crippen LogP contribution is 2.57. The van der Waals surface area contributed by atoms with E-state index in [0.717, 1.165) is 0 Å². The van der Waals surface area contributed by atoms with Crippen LogP contribution in [0.25, 0.3) is 38.6 Å². The molecule has 0 bridgehead atoms. The van der Waals surface area contributed by atoms with E-state index in [1.165, 1.54) is 100 Å². The molecule has 0 radical (unpaired) electrons.